The average molecular weight is 254 g/mol. The monoisotopic (exact) mass is 254 g/mol. The van der Waals surface area contributed by atoms with Crippen molar-refractivity contribution in [1.82, 2.24) is 0 Å². The fourth-order valence-corrected chi connectivity index (χ4v) is 2.01. The summed E-state index contributed by atoms with van der Waals surface area (Å²) in [4.78, 5) is 0. The molecule has 0 aliphatic heterocycles. The highest BCUT2D eigenvalue weighted by Gasteiger charge is 2.01. The van der Waals surface area contributed by atoms with Gasteiger partial charge in [-0.05, 0) is 48.7 Å². The molecule has 0 aliphatic carbocycles. The first-order valence-corrected chi connectivity index (χ1v) is 6.19. The molecule has 0 amide bonds. The molecule has 0 saturated carbocycles. The van der Waals surface area contributed by atoms with Crippen LogP contribution in [0.4, 0.5) is 0 Å². The Morgan fingerprint density at radius 1 is 1.11 bits per heavy atom. The molecule has 0 saturated heterocycles. The highest BCUT2D eigenvalue weighted by atomic mass is 16.5. The molecule has 19 heavy (non-hydrogen) atoms. The summed E-state index contributed by atoms with van der Waals surface area (Å²) in [5.41, 5.74) is 9.58. The lowest BCUT2D eigenvalue weighted by atomic mass is 10.1. The molecule has 0 fully saturated rings. The maximum absolute atomic E-state index is 7.42. The van der Waals surface area contributed by atoms with Crippen molar-refractivity contribution >= 4 is 5.84 Å². The first kappa shape index (κ1) is 13.1. The molecule has 0 unspecified atom stereocenters. The van der Waals surface area contributed by atoms with Crippen LogP contribution in [0.15, 0.2) is 42.5 Å². The summed E-state index contributed by atoms with van der Waals surface area (Å²) in [7, 11) is 0. The van der Waals surface area contributed by atoms with E-state index in [1.165, 1.54) is 11.1 Å². The largest absolute Gasteiger partial charge is 0.489 e. The van der Waals surface area contributed by atoms with Crippen LogP contribution in [-0.4, -0.2) is 5.84 Å². The van der Waals surface area contributed by atoms with Gasteiger partial charge in [-0.3, -0.25) is 5.41 Å². The molecule has 0 radical (unpaired) electrons. The van der Waals surface area contributed by atoms with Gasteiger partial charge in [-0.1, -0.05) is 24.3 Å². The third kappa shape index (κ3) is 3.58. The molecule has 0 aliphatic rings. The minimum atomic E-state index is 0.0771. The first-order valence-electron chi connectivity index (χ1n) is 6.19. The summed E-state index contributed by atoms with van der Waals surface area (Å²) < 4.78 is 5.78. The van der Waals surface area contributed by atoms with Crippen LogP contribution in [0.25, 0.3) is 0 Å². The average Bonchev–Trinajstić information content (AvgIpc) is 2.35. The van der Waals surface area contributed by atoms with Crippen molar-refractivity contribution in [3.05, 3.63) is 64.7 Å². The third-order valence-electron chi connectivity index (χ3n) is 2.84. The molecule has 0 aromatic heterocycles. The molecule has 0 atom stereocenters. The summed E-state index contributed by atoms with van der Waals surface area (Å²) in [6, 6.07) is 13.7. The number of aryl methyl sites for hydroxylation is 2. The van der Waals surface area contributed by atoms with Crippen LogP contribution in [0.1, 0.15) is 22.3 Å². The lowest BCUT2D eigenvalue weighted by Crippen LogP contribution is -2.11. The zero-order valence-electron chi connectivity index (χ0n) is 11.2. The van der Waals surface area contributed by atoms with Crippen molar-refractivity contribution in [2.45, 2.75) is 20.5 Å². The van der Waals surface area contributed by atoms with Crippen molar-refractivity contribution < 1.29 is 4.74 Å². The van der Waals surface area contributed by atoms with Gasteiger partial charge in [-0.15, -0.1) is 0 Å². The standard InChI is InChI=1S/C16H18N2O/c1-11-6-12(2)8-15(7-11)19-10-13-4-3-5-14(9-13)16(17)18/h3-9H,10H2,1-2H3,(H3,17,18). The number of nitrogens with one attached hydrogen (secondary N) is 1. The fraction of sp³-hybridized carbons (Fsp3) is 0.188. The molecule has 2 rings (SSSR count). The van der Waals surface area contributed by atoms with E-state index >= 15 is 0 Å². The van der Waals surface area contributed by atoms with Gasteiger partial charge in [0.2, 0.25) is 0 Å². The van der Waals surface area contributed by atoms with Crippen molar-refractivity contribution in [3.63, 3.8) is 0 Å². The molecule has 3 heteroatoms. The van der Waals surface area contributed by atoms with Gasteiger partial charge < -0.3 is 10.5 Å². The van der Waals surface area contributed by atoms with Gasteiger partial charge in [0.25, 0.3) is 0 Å². The second-order valence-electron chi connectivity index (χ2n) is 4.73. The number of ether oxygens (including phenoxy) is 1. The van der Waals surface area contributed by atoms with E-state index in [2.05, 4.69) is 19.9 Å². The van der Waals surface area contributed by atoms with E-state index in [0.717, 1.165) is 16.9 Å². The number of hydrogen-bond acceptors (Lipinski definition) is 2. The van der Waals surface area contributed by atoms with E-state index in [0.29, 0.717) is 6.61 Å². The Morgan fingerprint density at radius 2 is 1.79 bits per heavy atom. The van der Waals surface area contributed by atoms with Gasteiger partial charge in [0.05, 0.1) is 0 Å². The second kappa shape index (κ2) is 5.57. The van der Waals surface area contributed by atoms with Gasteiger partial charge in [0, 0.05) is 5.56 Å². The number of nitrogens with two attached hydrogens (primary N) is 1. The van der Waals surface area contributed by atoms with Crippen LogP contribution in [0.5, 0.6) is 5.75 Å². The van der Waals surface area contributed by atoms with E-state index in [9.17, 15) is 0 Å². The second-order valence-corrected chi connectivity index (χ2v) is 4.73. The van der Waals surface area contributed by atoms with Crippen LogP contribution in [-0.2, 0) is 6.61 Å². The highest BCUT2D eigenvalue weighted by molar-refractivity contribution is 5.95. The quantitative estimate of drug-likeness (QED) is 0.650. The van der Waals surface area contributed by atoms with Gasteiger partial charge in [-0.25, -0.2) is 0 Å². The molecule has 0 heterocycles. The molecular weight excluding hydrogens is 236 g/mol. The Labute approximate surface area is 113 Å². The summed E-state index contributed by atoms with van der Waals surface area (Å²) in [6.07, 6.45) is 0. The number of benzene rings is 2. The molecule has 98 valence electrons. The van der Waals surface area contributed by atoms with Crippen LogP contribution >= 0.6 is 0 Å². The Bertz CT molecular complexity index is 585. The molecule has 2 aromatic carbocycles. The Balaban J connectivity index is 2.10. The Morgan fingerprint density at radius 3 is 2.42 bits per heavy atom. The lowest BCUT2D eigenvalue weighted by molar-refractivity contribution is 0.306. The molecule has 0 bridgehead atoms. The van der Waals surface area contributed by atoms with E-state index in [1.807, 2.05) is 36.4 Å². The SMILES string of the molecule is Cc1cc(C)cc(OCc2cccc(C(=N)N)c2)c1. The summed E-state index contributed by atoms with van der Waals surface area (Å²) in [6.45, 7) is 4.58. The zero-order valence-corrected chi connectivity index (χ0v) is 11.2. The van der Waals surface area contributed by atoms with E-state index < -0.39 is 0 Å². The van der Waals surface area contributed by atoms with E-state index in [4.69, 9.17) is 15.9 Å². The minimum Gasteiger partial charge on any atom is -0.489 e. The summed E-state index contributed by atoms with van der Waals surface area (Å²) in [5.74, 6) is 0.943. The lowest BCUT2D eigenvalue weighted by Gasteiger charge is -2.09. The maximum Gasteiger partial charge on any atom is 0.122 e. The number of rotatable bonds is 4. The van der Waals surface area contributed by atoms with Crippen LogP contribution in [0, 0.1) is 19.3 Å². The van der Waals surface area contributed by atoms with Crippen LogP contribution in [0.2, 0.25) is 0 Å². The number of hydrogen-bond donors (Lipinski definition) is 2. The first-order chi connectivity index (χ1) is 9.04. The van der Waals surface area contributed by atoms with E-state index in [1.54, 1.807) is 0 Å². The number of amidine groups is 1. The fourth-order valence-electron chi connectivity index (χ4n) is 2.01. The van der Waals surface area contributed by atoms with Crippen LogP contribution < -0.4 is 10.5 Å². The predicted octanol–water partition coefficient (Wildman–Crippen LogP) is 3.17. The highest BCUT2D eigenvalue weighted by Crippen LogP contribution is 2.18. The molecule has 0 spiro atoms. The molecule has 3 nitrogen and oxygen atoms in total. The van der Waals surface area contributed by atoms with Gasteiger partial charge in [0.15, 0.2) is 0 Å². The topological polar surface area (TPSA) is 59.1 Å². The zero-order chi connectivity index (χ0) is 13.8. The summed E-state index contributed by atoms with van der Waals surface area (Å²) >= 11 is 0. The number of nitrogen functional groups attached to an aromatic ring is 1. The van der Waals surface area contributed by atoms with Gasteiger partial charge in [-0.2, -0.15) is 0 Å². The Kier molecular flexibility index (Phi) is 3.85. The maximum atomic E-state index is 7.42. The van der Waals surface area contributed by atoms with E-state index in [-0.39, 0.29) is 5.84 Å². The third-order valence-corrected chi connectivity index (χ3v) is 2.84. The van der Waals surface area contributed by atoms with Crippen molar-refractivity contribution in [3.8, 4) is 5.75 Å². The normalized spacial score (nSPS) is 10.2. The van der Waals surface area contributed by atoms with Crippen molar-refractivity contribution in [2.24, 2.45) is 5.73 Å². The smallest absolute Gasteiger partial charge is 0.122 e. The summed E-state index contributed by atoms with van der Waals surface area (Å²) in [5, 5.41) is 7.42. The van der Waals surface area contributed by atoms with Crippen LogP contribution in [0.3, 0.4) is 0 Å². The molecule has 2 aromatic rings. The van der Waals surface area contributed by atoms with Gasteiger partial charge in [0.1, 0.15) is 18.2 Å². The minimum absolute atomic E-state index is 0.0771. The molecule has 3 N–H and O–H groups in total. The van der Waals surface area contributed by atoms with Gasteiger partial charge >= 0.3 is 0 Å². The molecular formula is C16H18N2O. The Hall–Kier alpha value is -2.29. The predicted molar refractivity (Wildman–Crippen MR) is 77.7 cm³/mol. The van der Waals surface area contributed by atoms with Crippen molar-refractivity contribution in [2.75, 3.05) is 0 Å². The van der Waals surface area contributed by atoms with Crippen molar-refractivity contribution in [1.29, 1.82) is 5.41 Å².